The van der Waals surface area contributed by atoms with E-state index in [1.54, 1.807) is 13.8 Å². The first kappa shape index (κ1) is 11.5. The second-order valence-corrected chi connectivity index (χ2v) is 4.89. The van der Waals surface area contributed by atoms with E-state index in [1.807, 2.05) is 4.90 Å². The fourth-order valence-corrected chi connectivity index (χ4v) is 1.99. The van der Waals surface area contributed by atoms with E-state index in [0.717, 1.165) is 25.9 Å². The molecule has 1 atom stereocenters. The van der Waals surface area contributed by atoms with E-state index < -0.39 is 5.54 Å². The molecule has 0 aliphatic carbocycles. The van der Waals surface area contributed by atoms with Crippen molar-refractivity contribution < 1.29 is 4.79 Å². The smallest absolute Gasteiger partial charge is 0.242 e. The van der Waals surface area contributed by atoms with Crippen LogP contribution < -0.4 is 5.73 Å². The molecule has 1 heterocycles. The number of carbonyl (C=O) groups excluding carboxylic acids is 1. The van der Waals surface area contributed by atoms with Crippen molar-refractivity contribution in [1.82, 2.24) is 4.90 Å². The highest BCUT2D eigenvalue weighted by atomic mass is 16.2. The first-order chi connectivity index (χ1) is 6.45. The predicted octanol–water partition coefficient (Wildman–Crippen LogP) is 1.37. The van der Waals surface area contributed by atoms with Gasteiger partial charge in [0, 0.05) is 13.1 Å². The molecule has 3 nitrogen and oxygen atoms in total. The third kappa shape index (κ3) is 2.71. The average molecular weight is 198 g/mol. The Bertz CT molecular complexity index is 208. The van der Waals surface area contributed by atoms with Gasteiger partial charge >= 0.3 is 0 Å². The third-order valence-corrected chi connectivity index (χ3v) is 2.93. The molecular formula is C11H22N2O. The Morgan fingerprint density at radius 1 is 1.57 bits per heavy atom. The molecule has 1 unspecified atom stereocenters. The molecule has 0 saturated carbocycles. The van der Waals surface area contributed by atoms with E-state index in [1.165, 1.54) is 6.42 Å². The van der Waals surface area contributed by atoms with Crippen LogP contribution in [0.4, 0.5) is 0 Å². The maximum atomic E-state index is 11.9. The minimum atomic E-state index is -0.713. The number of amides is 1. The molecule has 1 fully saturated rings. The number of rotatable bonds is 2. The minimum absolute atomic E-state index is 0.0932. The van der Waals surface area contributed by atoms with Gasteiger partial charge in [-0.15, -0.1) is 0 Å². The predicted molar refractivity (Wildman–Crippen MR) is 57.9 cm³/mol. The quantitative estimate of drug-likeness (QED) is 0.728. The van der Waals surface area contributed by atoms with Crippen molar-refractivity contribution in [3.63, 3.8) is 0 Å². The van der Waals surface area contributed by atoms with Crippen LogP contribution >= 0.6 is 0 Å². The topological polar surface area (TPSA) is 46.3 Å². The van der Waals surface area contributed by atoms with Gasteiger partial charge < -0.3 is 10.6 Å². The molecule has 0 aromatic rings. The summed E-state index contributed by atoms with van der Waals surface area (Å²) >= 11 is 0. The summed E-state index contributed by atoms with van der Waals surface area (Å²) in [4.78, 5) is 13.8. The van der Waals surface area contributed by atoms with E-state index >= 15 is 0 Å². The molecule has 0 bridgehead atoms. The van der Waals surface area contributed by atoms with Crippen molar-refractivity contribution in [1.29, 1.82) is 0 Å². The summed E-state index contributed by atoms with van der Waals surface area (Å²) in [6.07, 6.45) is 3.54. The second-order valence-electron chi connectivity index (χ2n) is 4.89. The number of piperidine rings is 1. The molecule has 82 valence electrons. The van der Waals surface area contributed by atoms with Crippen molar-refractivity contribution in [2.45, 2.75) is 45.6 Å². The zero-order valence-corrected chi connectivity index (χ0v) is 9.55. The summed E-state index contributed by atoms with van der Waals surface area (Å²) in [6, 6.07) is 0. The Morgan fingerprint density at radius 2 is 2.21 bits per heavy atom. The summed E-state index contributed by atoms with van der Waals surface area (Å²) in [5.41, 5.74) is 5.09. The van der Waals surface area contributed by atoms with Crippen LogP contribution in [-0.2, 0) is 4.79 Å². The van der Waals surface area contributed by atoms with Crippen LogP contribution in [0.2, 0.25) is 0 Å². The Labute approximate surface area is 86.6 Å². The molecule has 1 amide bonds. The number of nitrogens with two attached hydrogens (primary N) is 1. The maximum Gasteiger partial charge on any atom is 0.242 e. The number of hydrogen-bond donors (Lipinski definition) is 1. The van der Waals surface area contributed by atoms with E-state index in [4.69, 9.17) is 5.73 Å². The zero-order chi connectivity index (χ0) is 10.8. The number of likely N-dealkylation sites (tertiary alicyclic amines) is 1. The molecular weight excluding hydrogens is 176 g/mol. The Kier molecular flexibility index (Phi) is 3.53. The second kappa shape index (κ2) is 4.30. The van der Waals surface area contributed by atoms with Crippen LogP contribution in [0.1, 0.15) is 40.0 Å². The van der Waals surface area contributed by atoms with Gasteiger partial charge in [-0.3, -0.25) is 4.79 Å². The van der Waals surface area contributed by atoms with E-state index in [0.29, 0.717) is 5.92 Å². The van der Waals surface area contributed by atoms with Gasteiger partial charge in [0.05, 0.1) is 5.54 Å². The fourth-order valence-electron chi connectivity index (χ4n) is 1.99. The standard InChI is InChI=1S/C11H22N2O/c1-4-9-6-5-7-13(8-9)10(14)11(2,3)12/h9H,4-8,12H2,1-3H3. The molecule has 0 aromatic carbocycles. The van der Waals surface area contributed by atoms with Gasteiger partial charge in [-0.05, 0) is 32.6 Å². The van der Waals surface area contributed by atoms with Gasteiger partial charge in [0.15, 0.2) is 0 Å². The normalized spacial score (nSPS) is 23.7. The van der Waals surface area contributed by atoms with Crippen LogP contribution in [0.5, 0.6) is 0 Å². The molecule has 14 heavy (non-hydrogen) atoms. The van der Waals surface area contributed by atoms with E-state index in [9.17, 15) is 4.79 Å². The first-order valence-corrected chi connectivity index (χ1v) is 5.53. The Hall–Kier alpha value is -0.570. The van der Waals surface area contributed by atoms with Crippen LogP contribution in [-0.4, -0.2) is 29.4 Å². The van der Waals surface area contributed by atoms with E-state index in [-0.39, 0.29) is 5.91 Å². The molecule has 0 aromatic heterocycles. The third-order valence-electron chi connectivity index (χ3n) is 2.93. The molecule has 0 spiro atoms. The van der Waals surface area contributed by atoms with Crippen LogP contribution in [0.15, 0.2) is 0 Å². The SMILES string of the molecule is CCC1CCCN(C(=O)C(C)(C)N)C1. The first-order valence-electron chi connectivity index (χ1n) is 5.53. The monoisotopic (exact) mass is 198 g/mol. The van der Waals surface area contributed by atoms with Crippen molar-refractivity contribution in [3.8, 4) is 0 Å². The van der Waals surface area contributed by atoms with Crippen molar-refractivity contribution >= 4 is 5.91 Å². The molecule has 1 aliphatic heterocycles. The lowest BCUT2D eigenvalue weighted by Gasteiger charge is -2.36. The van der Waals surface area contributed by atoms with Crippen molar-refractivity contribution in [2.75, 3.05) is 13.1 Å². The molecule has 1 saturated heterocycles. The average Bonchev–Trinajstić information content (AvgIpc) is 2.15. The highest BCUT2D eigenvalue weighted by molar-refractivity contribution is 5.85. The lowest BCUT2D eigenvalue weighted by atomic mass is 9.94. The fraction of sp³-hybridized carbons (Fsp3) is 0.909. The summed E-state index contributed by atoms with van der Waals surface area (Å²) in [5.74, 6) is 0.769. The Balaban J connectivity index is 2.56. The minimum Gasteiger partial charge on any atom is -0.341 e. The number of hydrogen-bond acceptors (Lipinski definition) is 2. The van der Waals surface area contributed by atoms with Gasteiger partial charge in [0.2, 0.25) is 5.91 Å². The van der Waals surface area contributed by atoms with E-state index in [2.05, 4.69) is 6.92 Å². The molecule has 2 N–H and O–H groups in total. The summed E-state index contributed by atoms with van der Waals surface area (Å²) in [6.45, 7) is 7.54. The molecule has 3 heteroatoms. The van der Waals surface area contributed by atoms with Crippen LogP contribution in [0, 0.1) is 5.92 Å². The zero-order valence-electron chi connectivity index (χ0n) is 9.55. The maximum absolute atomic E-state index is 11.9. The van der Waals surface area contributed by atoms with Gasteiger partial charge in [-0.1, -0.05) is 13.3 Å². The summed E-state index contributed by atoms with van der Waals surface area (Å²) in [7, 11) is 0. The van der Waals surface area contributed by atoms with Gasteiger partial charge in [-0.25, -0.2) is 0 Å². The van der Waals surface area contributed by atoms with Gasteiger partial charge in [-0.2, -0.15) is 0 Å². The van der Waals surface area contributed by atoms with Gasteiger partial charge in [0.1, 0.15) is 0 Å². The highest BCUT2D eigenvalue weighted by Crippen LogP contribution is 2.20. The molecule has 1 rings (SSSR count). The highest BCUT2D eigenvalue weighted by Gasteiger charge is 2.30. The van der Waals surface area contributed by atoms with Crippen LogP contribution in [0.25, 0.3) is 0 Å². The van der Waals surface area contributed by atoms with Crippen molar-refractivity contribution in [3.05, 3.63) is 0 Å². The molecule has 0 radical (unpaired) electrons. The largest absolute Gasteiger partial charge is 0.341 e. The number of carbonyl (C=O) groups is 1. The lowest BCUT2D eigenvalue weighted by Crippen LogP contribution is -2.53. The lowest BCUT2D eigenvalue weighted by molar-refractivity contribution is -0.137. The summed E-state index contributed by atoms with van der Waals surface area (Å²) in [5, 5.41) is 0. The van der Waals surface area contributed by atoms with Crippen molar-refractivity contribution in [2.24, 2.45) is 11.7 Å². The van der Waals surface area contributed by atoms with Gasteiger partial charge in [0.25, 0.3) is 0 Å². The Morgan fingerprint density at radius 3 is 2.71 bits per heavy atom. The molecule has 1 aliphatic rings. The number of nitrogens with zero attached hydrogens (tertiary/aromatic N) is 1. The summed E-state index contributed by atoms with van der Waals surface area (Å²) < 4.78 is 0. The van der Waals surface area contributed by atoms with Crippen LogP contribution in [0.3, 0.4) is 0 Å².